The summed E-state index contributed by atoms with van der Waals surface area (Å²) in [7, 11) is 0. The van der Waals surface area contributed by atoms with E-state index in [0.29, 0.717) is 10.0 Å². The number of rotatable bonds is 6. The molecule has 0 saturated heterocycles. The van der Waals surface area contributed by atoms with Crippen LogP contribution in [-0.4, -0.2) is 29.7 Å². The Morgan fingerprint density at radius 1 is 1.36 bits per heavy atom. The van der Waals surface area contributed by atoms with Gasteiger partial charge in [0.2, 0.25) is 5.91 Å². The lowest BCUT2D eigenvalue weighted by Crippen LogP contribution is -2.50. The fourth-order valence-corrected chi connectivity index (χ4v) is 3.51. The van der Waals surface area contributed by atoms with E-state index >= 15 is 0 Å². The van der Waals surface area contributed by atoms with E-state index in [1.807, 2.05) is 13.0 Å². The summed E-state index contributed by atoms with van der Waals surface area (Å²) in [5, 5.41) is 16.8. The molecule has 0 bridgehead atoms. The highest BCUT2D eigenvalue weighted by atomic mass is 35.5. The molecule has 1 aromatic rings. The summed E-state index contributed by atoms with van der Waals surface area (Å²) in [6.45, 7) is 2.14. The standard InChI is InChI=1S/C16H22Cl2N2O2/c1-11(13-5-4-12(17)8-14(13)18)20-15(22)9-19-16(10-21)6-2-3-7-16/h4-5,8,11,19,21H,2-3,6-7,9-10H2,1H3,(H,20,22). The fourth-order valence-electron chi connectivity index (χ4n) is 2.93. The number of nitrogens with one attached hydrogen (secondary N) is 2. The third-order valence-corrected chi connectivity index (χ3v) is 4.86. The average Bonchev–Trinajstić information content (AvgIpc) is 2.94. The van der Waals surface area contributed by atoms with Crippen molar-refractivity contribution in [2.24, 2.45) is 0 Å². The summed E-state index contributed by atoms with van der Waals surface area (Å²) in [5.74, 6) is -0.113. The molecule has 0 heterocycles. The molecule has 0 aliphatic heterocycles. The van der Waals surface area contributed by atoms with Gasteiger partial charge in [-0.05, 0) is 37.5 Å². The van der Waals surface area contributed by atoms with Gasteiger partial charge in [0.1, 0.15) is 0 Å². The molecular formula is C16H22Cl2N2O2. The number of aliphatic hydroxyl groups is 1. The Bertz CT molecular complexity index is 531. The molecule has 0 spiro atoms. The number of carbonyl (C=O) groups is 1. The highest BCUT2D eigenvalue weighted by molar-refractivity contribution is 6.35. The summed E-state index contributed by atoms with van der Waals surface area (Å²) in [4.78, 5) is 12.1. The maximum atomic E-state index is 12.1. The molecule has 1 amide bonds. The van der Waals surface area contributed by atoms with Crippen LogP contribution in [0.1, 0.15) is 44.2 Å². The first-order valence-corrected chi connectivity index (χ1v) is 8.31. The number of halogens is 2. The van der Waals surface area contributed by atoms with Crippen LogP contribution in [0.4, 0.5) is 0 Å². The summed E-state index contributed by atoms with van der Waals surface area (Å²) < 4.78 is 0. The molecule has 1 fully saturated rings. The molecule has 1 atom stereocenters. The Balaban J connectivity index is 1.88. The van der Waals surface area contributed by atoms with Crippen LogP contribution in [0.2, 0.25) is 10.0 Å². The van der Waals surface area contributed by atoms with Crippen LogP contribution in [0.25, 0.3) is 0 Å². The molecule has 1 aliphatic carbocycles. The van der Waals surface area contributed by atoms with Crippen LogP contribution in [0.3, 0.4) is 0 Å². The van der Waals surface area contributed by atoms with Gasteiger partial charge >= 0.3 is 0 Å². The van der Waals surface area contributed by atoms with Gasteiger partial charge in [0.25, 0.3) is 0 Å². The van der Waals surface area contributed by atoms with Gasteiger partial charge in [0, 0.05) is 15.6 Å². The van der Waals surface area contributed by atoms with Gasteiger partial charge in [-0.2, -0.15) is 0 Å². The second-order valence-corrected chi connectivity index (χ2v) is 6.80. The lowest BCUT2D eigenvalue weighted by molar-refractivity contribution is -0.121. The summed E-state index contributed by atoms with van der Waals surface area (Å²) in [6.07, 6.45) is 4.00. The molecule has 3 N–H and O–H groups in total. The molecular weight excluding hydrogens is 323 g/mol. The molecule has 1 saturated carbocycles. The average molecular weight is 345 g/mol. The van der Waals surface area contributed by atoms with Crippen molar-refractivity contribution in [3.05, 3.63) is 33.8 Å². The van der Waals surface area contributed by atoms with Crippen LogP contribution < -0.4 is 10.6 Å². The third-order valence-electron chi connectivity index (χ3n) is 4.29. The molecule has 1 aliphatic rings. The minimum Gasteiger partial charge on any atom is -0.394 e. The quantitative estimate of drug-likeness (QED) is 0.743. The van der Waals surface area contributed by atoms with Gasteiger partial charge in [-0.3, -0.25) is 4.79 Å². The molecule has 2 rings (SSSR count). The van der Waals surface area contributed by atoms with E-state index in [0.717, 1.165) is 31.2 Å². The van der Waals surface area contributed by atoms with Gasteiger partial charge in [0.15, 0.2) is 0 Å². The predicted molar refractivity (Wildman–Crippen MR) is 89.3 cm³/mol. The molecule has 122 valence electrons. The Morgan fingerprint density at radius 2 is 2.05 bits per heavy atom. The molecule has 4 nitrogen and oxygen atoms in total. The van der Waals surface area contributed by atoms with Gasteiger partial charge < -0.3 is 15.7 Å². The van der Waals surface area contributed by atoms with Crippen molar-refractivity contribution in [2.75, 3.05) is 13.2 Å². The number of hydrogen-bond donors (Lipinski definition) is 3. The fraction of sp³-hybridized carbons (Fsp3) is 0.562. The Morgan fingerprint density at radius 3 is 2.64 bits per heavy atom. The van der Waals surface area contributed by atoms with Crippen molar-refractivity contribution in [2.45, 2.75) is 44.2 Å². The van der Waals surface area contributed by atoms with E-state index in [9.17, 15) is 9.90 Å². The number of aliphatic hydroxyl groups excluding tert-OH is 1. The van der Waals surface area contributed by atoms with Gasteiger partial charge in [0.05, 0.1) is 19.2 Å². The number of amides is 1. The normalized spacial score (nSPS) is 18.2. The SMILES string of the molecule is CC(NC(=O)CNC1(CO)CCCC1)c1ccc(Cl)cc1Cl. The maximum absolute atomic E-state index is 12.1. The Labute approximate surface area is 141 Å². The van der Waals surface area contributed by atoms with Crippen LogP contribution in [-0.2, 0) is 4.79 Å². The van der Waals surface area contributed by atoms with Crippen molar-refractivity contribution in [3.8, 4) is 0 Å². The van der Waals surface area contributed by atoms with Crippen molar-refractivity contribution in [3.63, 3.8) is 0 Å². The zero-order valence-corrected chi connectivity index (χ0v) is 14.2. The Hall–Kier alpha value is -0.810. The first kappa shape index (κ1) is 17.5. The van der Waals surface area contributed by atoms with E-state index in [1.54, 1.807) is 12.1 Å². The highest BCUT2D eigenvalue weighted by Gasteiger charge is 2.33. The summed E-state index contributed by atoms with van der Waals surface area (Å²) in [5.41, 5.74) is 0.538. The predicted octanol–water partition coefficient (Wildman–Crippen LogP) is 3.07. The van der Waals surface area contributed by atoms with Crippen LogP contribution >= 0.6 is 23.2 Å². The first-order chi connectivity index (χ1) is 10.5. The number of benzene rings is 1. The minimum absolute atomic E-state index is 0.0683. The topological polar surface area (TPSA) is 61.4 Å². The lowest BCUT2D eigenvalue weighted by Gasteiger charge is -2.28. The highest BCUT2D eigenvalue weighted by Crippen LogP contribution is 2.29. The van der Waals surface area contributed by atoms with Crippen LogP contribution in [0, 0.1) is 0 Å². The monoisotopic (exact) mass is 344 g/mol. The van der Waals surface area contributed by atoms with E-state index in [1.165, 1.54) is 0 Å². The summed E-state index contributed by atoms with van der Waals surface area (Å²) >= 11 is 12.0. The molecule has 1 unspecified atom stereocenters. The van der Waals surface area contributed by atoms with E-state index in [4.69, 9.17) is 23.2 Å². The van der Waals surface area contributed by atoms with Crippen LogP contribution in [0.5, 0.6) is 0 Å². The molecule has 6 heteroatoms. The van der Waals surface area contributed by atoms with E-state index in [2.05, 4.69) is 10.6 Å². The second kappa shape index (κ2) is 7.64. The Kier molecular flexibility index (Phi) is 6.09. The van der Waals surface area contributed by atoms with Crippen molar-refractivity contribution in [1.29, 1.82) is 0 Å². The van der Waals surface area contributed by atoms with Crippen LogP contribution in [0.15, 0.2) is 18.2 Å². The second-order valence-electron chi connectivity index (χ2n) is 5.95. The van der Waals surface area contributed by atoms with E-state index in [-0.39, 0.29) is 30.6 Å². The third kappa shape index (κ3) is 4.35. The molecule has 22 heavy (non-hydrogen) atoms. The molecule has 0 radical (unpaired) electrons. The van der Waals surface area contributed by atoms with Gasteiger partial charge in [-0.15, -0.1) is 0 Å². The molecule has 1 aromatic carbocycles. The van der Waals surface area contributed by atoms with Crippen molar-refractivity contribution < 1.29 is 9.90 Å². The maximum Gasteiger partial charge on any atom is 0.234 e. The smallest absolute Gasteiger partial charge is 0.234 e. The van der Waals surface area contributed by atoms with Crippen molar-refractivity contribution >= 4 is 29.1 Å². The first-order valence-electron chi connectivity index (χ1n) is 7.56. The zero-order chi connectivity index (χ0) is 16.2. The number of carbonyl (C=O) groups excluding carboxylic acids is 1. The van der Waals surface area contributed by atoms with Gasteiger partial charge in [-0.1, -0.05) is 42.1 Å². The van der Waals surface area contributed by atoms with E-state index < -0.39 is 0 Å². The lowest BCUT2D eigenvalue weighted by atomic mass is 9.99. The zero-order valence-electron chi connectivity index (χ0n) is 12.7. The number of hydrogen-bond acceptors (Lipinski definition) is 3. The minimum atomic E-state index is -0.293. The molecule has 0 aromatic heterocycles. The van der Waals surface area contributed by atoms with Crippen molar-refractivity contribution in [1.82, 2.24) is 10.6 Å². The van der Waals surface area contributed by atoms with Gasteiger partial charge in [-0.25, -0.2) is 0 Å². The largest absolute Gasteiger partial charge is 0.394 e. The summed E-state index contributed by atoms with van der Waals surface area (Å²) in [6, 6.07) is 5.03.